The van der Waals surface area contributed by atoms with Crippen molar-refractivity contribution in [2.75, 3.05) is 38.4 Å². The average Bonchev–Trinajstić information content (AvgIpc) is 3.28. The summed E-state index contributed by atoms with van der Waals surface area (Å²) in [5.41, 5.74) is 3.96. The molecule has 0 spiro atoms. The molecule has 0 aliphatic carbocycles. The van der Waals surface area contributed by atoms with Gasteiger partial charge in [-0.15, -0.1) is 0 Å². The van der Waals surface area contributed by atoms with Crippen molar-refractivity contribution in [3.05, 3.63) is 77.4 Å². The molecule has 1 aromatic heterocycles. The maximum atomic E-state index is 12.5. The van der Waals surface area contributed by atoms with Gasteiger partial charge in [-0.25, -0.2) is 9.48 Å². The van der Waals surface area contributed by atoms with Crippen LogP contribution in [-0.4, -0.2) is 54.3 Å². The Balaban J connectivity index is 1.63. The summed E-state index contributed by atoms with van der Waals surface area (Å²) in [6, 6.07) is 18.5. The maximum Gasteiger partial charge on any atom is 0.337 e. The van der Waals surface area contributed by atoms with E-state index in [2.05, 4.69) is 15.7 Å². The zero-order chi connectivity index (χ0) is 25.7. The number of nitrogens with zero attached hydrogens (tertiary/aromatic N) is 3. The van der Waals surface area contributed by atoms with Crippen molar-refractivity contribution in [3.63, 3.8) is 0 Å². The van der Waals surface area contributed by atoms with E-state index in [0.717, 1.165) is 35.2 Å². The number of rotatable bonds is 9. The van der Waals surface area contributed by atoms with Crippen LogP contribution in [0.4, 0.5) is 17.1 Å². The predicted octanol–water partition coefficient (Wildman–Crippen LogP) is 5.49. The number of hydrogen-bond donors (Lipinski definition) is 2. The molecular weight excluding hydrogens is 478 g/mol. The molecule has 0 aliphatic rings. The summed E-state index contributed by atoms with van der Waals surface area (Å²) >= 11 is 6.27. The Morgan fingerprint density at radius 3 is 2.61 bits per heavy atom. The lowest BCUT2D eigenvalue weighted by Crippen LogP contribution is -2.17. The van der Waals surface area contributed by atoms with Crippen molar-refractivity contribution in [2.45, 2.75) is 12.8 Å². The van der Waals surface area contributed by atoms with Crippen LogP contribution in [-0.2, 0) is 9.53 Å². The van der Waals surface area contributed by atoms with Gasteiger partial charge in [-0.2, -0.15) is 5.10 Å². The number of ether oxygens (including phenoxy) is 1. The number of fused-ring (bicyclic) bond motifs is 1. The zero-order valence-corrected chi connectivity index (χ0v) is 21.2. The van der Waals surface area contributed by atoms with Crippen LogP contribution in [0.1, 0.15) is 23.2 Å². The van der Waals surface area contributed by atoms with E-state index < -0.39 is 5.97 Å². The SMILES string of the molecule is COC(=O)c1cc(NC(=O)CCCN(C)C)cc(-n2ncc3cc(Nc4ccccc4Cl)ccc32)c1. The van der Waals surface area contributed by atoms with Crippen molar-refractivity contribution < 1.29 is 14.3 Å². The van der Waals surface area contributed by atoms with Crippen LogP contribution in [0.5, 0.6) is 0 Å². The van der Waals surface area contributed by atoms with Crippen LogP contribution in [0.15, 0.2) is 66.9 Å². The number of esters is 1. The molecule has 2 N–H and O–H groups in total. The van der Waals surface area contributed by atoms with Crippen molar-refractivity contribution in [1.82, 2.24) is 14.7 Å². The van der Waals surface area contributed by atoms with Gasteiger partial charge in [0, 0.05) is 23.2 Å². The molecular formula is C27H28ClN5O3. The first-order valence-electron chi connectivity index (χ1n) is 11.5. The predicted molar refractivity (Wildman–Crippen MR) is 144 cm³/mol. The number of benzene rings is 3. The molecule has 0 radical (unpaired) electrons. The topological polar surface area (TPSA) is 88.5 Å². The van der Waals surface area contributed by atoms with Gasteiger partial charge in [-0.3, -0.25) is 4.79 Å². The Hall–Kier alpha value is -3.88. The van der Waals surface area contributed by atoms with Crippen molar-refractivity contribution in [3.8, 4) is 5.69 Å². The smallest absolute Gasteiger partial charge is 0.337 e. The van der Waals surface area contributed by atoms with Gasteiger partial charge in [-0.05, 0) is 75.6 Å². The lowest BCUT2D eigenvalue weighted by molar-refractivity contribution is -0.116. The molecule has 0 saturated heterocycles. The molecule has 1 amide bonds. The van der Waals surface area contributed by atoms with Gasteiger partial charge in [0.25, 0.3) is 0 Å². The van der Waals surface area contributed by atoms with Crippen molar-refractivity contribution >= 4 is 51.4 Å². The number of carbonyl (C=O) groups excluding carboxylic acids is 2. The summed E-state index contributed by atoms with van der Waals surface area (Å²) in [4.78, 5) is 26.9. The molecule has 3 aromatic carbocycles. The molecule has 0 aliphatic heterocycles. The third-order valence-electron chi connectivity index (χ3n) is 5.60. The first-order chi connectivity index (χ1) is 17.3. The maximum absolute atomic E-state index is 12.5. The number of methoxy groups -OCH3 is 1. The monoisotopic (exact) mass is 505 g/mol. The fourth-order valence-corrected chi connectivity index (χ4v) is 4.04. The van der Waals surface area contributed by atoms with E-state index in [1.165, 1.54) is 7.11 Å². The van der Waals surface area contributed by atoms with Gasteiger partial charge in [0.1, 0.15) is 0 Å². The molecule has 4 aromatic rings. The molecule has 0 unspecified atom stereocenters. The van der Waals surface area contributed by atoms with Gasteiger partial charge >= 0.3 is 5.97 Å². The minimum Gasteiger partial charge on any atom is -0.465 e. The lowest BCUT2D eigenvalue weighted by Gasteiger charge is -2.12. The largest absolute Gasteiger partial charge is 0.465 e. The molecule has 0 saturated carbocycles. The second-order valence-electron chi connectivity index (χ2n) is 8.65. The zero-order valence-electron chi connectivity index (χ0n) is 20.4. The van der Waals surface area contributed by atoms with Crippen LogP contribution in [0.3, 0.4) is 0 Å². The lowest BCUT2D eigenvalue weighted by atomic mass is 10.1. The summed E-state index contributed by atoms with van der Waals surface area (Å²) in [6.45, 7) is 0.813. The number of carbonyl (C=O) groups is 2. The fourth-order valence-electron chi connectivity index (χ4n) is 3.86. The van der Waals surface area contributed by atoms with E-state index in [0.29, 0.717) is 28.4 Å². The number of anilines is 3. The van der Waals surface area contributed by atoms with Crippen molar-refractivity contribution in [1.29, 1.82) is 0 Å². The Labute approximate surface area is 214 Å². The second-order valence-corrected chi connectivity index (χ2v) is 9.06. The first-order valence-corrected chi connectivity index (χ1v) is 11.9. The Kier molecular flexibility index (Phi) is 7.87. The van der Waals surface area contributed by atoms with E-state index in [4.69, 9.17) is 16.3 Å². The van der Waals surface area contributed by atoms with Crippen LogP contribution in [0.2, 0.25) is 5.02 Å². The van der Waals surface area contributed by atoms with Gasteiger partial charge in [0.15, 0.2) is 0 Å². The summed E-state index contributed by atoms with van der Waals surface area (Å²) in [5.74, 6) is -0.618. The molecule has 9 heteroatoms. The highest BCUT2D eigenvalue weighted by Gasteiger charge is 2.14. The highest BCUT2D eigenvalue weighted by atomic mass is 35.5. The molecule has 0 fully saturated rings. The molecule has 4 rings (SSSR count). The van der Waals surface area contributed by atoms with Gasteiger partial charge < -0.3 is 20.3 Å². The standard InChI is InChI=1S/C27H28ClN5O3/c1-32(2)12-6-9-26(34)31-21-13-18(27(35)36-3)15-22(16-21)33-25-11-10-20(14-19(25)17-29-33)30-24-8-5-4-7-23(24)28/h4-5,7-8,10-11,13-17,30H,6,9,12H2,1-3H3,(H,31,34). The highest BCUT2D eigenvalue weighted by Crippen LogP contribution is 2.29. The fraction of sp³-hybridized carbons (Fsp3) is 0.222. The van der Waals surface area contributed by atoms with E-state index in [1.54, 1.807) is 29.1 Å². The van der Waals surface area contributed by atoms with E-state index >= 15 is 0 Å². The molecule has 0 atom stereocenters. The van der Waals surface area contributed by atoms with E-state index in [1.807, 2.05) is 61.5 Å². The van der Waals surface area contributed by atoms with Crippen LogP contribution in [0, 0.1) is 0 Å². The number of aromatic nitrogens is 2. The van der Waals surface area contributed by atoms with Crippen LogP contribution in [0.25, 0.3) is 16.6 Å². The molecule has 186 valence electrons. The quantitative estimate of drug-likeness (QED) is 0.292. The number of para-hydroxylation sites is 1. The van der Waals surface area contributed by atoms with Crippen LogP contribution < -0.4 is 10.6 Å². The molecule has 0 bridgehead atoms. The highest BCUT2D eigenvalue weighted by molar-refractivity contribution is 6.33. The summed E-state index contributed by atoms with van der Waals surface area (Å²) < 4.78 is 6.65. The Morgan fingerprint density at radius 1 is 1.06 bits per heavy atom. The third-order valence-corrected chi connectivity index (χ3v) is 5.93. The molecule has 8 nitrogen and oxygen atoms in total. The third kappa shape index (κ3) is 6.02. The summed E-state index contributed by atoms with van der Waals surface area (Å²) in [5, 5.41) is 12.3. The van der Waals surface area contributed by atoms with Gasteiger partial charge in [0.05, 0.1) is 40.8 Å². The molecule has 1 heterocycles. The first kappa shape index (κ1) is 25.2. The van der Waals surface area contributed by atoms with Gasteiger partial charge in [0.2, 0.25) is 5.91 Å². The number of hydrogen-bond acceptors (Lipinski definition) is 6. The Morgan fingerprint density at radius 2 is 1.86 bits per heavy atom. The number of halogens is 1. The normalized spacial score (nSPS) is 11.0. The minimum absolute atomic E-state index is 0.120. The number of nitrogens with one attached hydrogen (secondary N) is 2. The van der Waals surface area contributed by atoms with E-state index in [-0.39, 0.29) is 5.91 Å². The van der Waals surface area contributed by atoms with Crippen molar-refractivity contribution in [2.24, 2.45) is 0 Å². The van der Waals surface area contributed by atoms with Gasteiger partial charge in [-0.1, -0.05) is 23.7 Å². The average molecular weight is 506 g/mol. The summed E-state index contributed by atoms with van der Waals surface area (Å²) in [7, 11) is 5.26. The number of amides is 1. The Bertz CT molecular complexity index is 1400. The second kappa shape index (κ2) is 11.2. The minimum atomic E-state index is -0.498. The molecule has 36 heavy (non-hydrogen) atoms. The summed E-state index contributed by atoms with van der Waals surface area (Å²) in [6.07, 6.45) is 2.86. The van der Waals surface area contributed by atoms with E-state index in [9.17, 15) is 9.59 Å². The van der Waals surface area contributed by atoms with Crippen LogP contribution >= 0.6 is 11.6 Å².